The van der Waals surface area contributed by atoms with Crippen LogP contribution in [0.3, 0.4) is 0 Å². The number of phenolic OH excluding ortho intramolecular Hbond substituents is 1. The van der Waals surface area contributed by atoms with Gasteiger partial charge >= 0.3 is 0 Å². The Morgan fingerprint density at radius 3 is 2.27 bits per heavy atom. The largest absolute Gasteiger partial charge is 0.507 e. The molecular formula is C33H36N2O9. The molecule has 1 amide bonds. The fraction of sp³-hybridized carbons (Fsp3) is 0.485. The van der Waals surface area contributed by atoms with Crippen molar-refractivity contribution in [1.82, 2.24) is 5.32 Å². The number of non-ortho nitro benzene ring substituents is 1. The second-order valence-corrected chi connectivity index (χ2v) is 14.3. The van der Waals surface area contributed by atoms with E-state index < -0.39 is 80.6 Å². The minimum Gasteiger partial charge on any atom is -0.507 e. The van der Waals surface area contributed by atoms with Gasteiger partial charge in [-0.2, -0.15) is 0 Å². The number of nitrogens with one attached hydrogen (secondary N) is 1. The summed E-state index contributed by atoms with van der Waals surface area (Å²) in [5.41, 5.74) is -2.77. The average Bonchev–Trinajstić information content (AvgIpc) is 2.89. The highest BCUT2D eigenvalue weighted by atomic mass is 16.6. The van der Waals surface area contributed by atoms with E-state index in [0.29, 0.717) is 22.3 Å². The highest BCUT2D eigenvalue weighted by molar-refractivity contribution is 6.31. The first-order chi connectivity index (χ1) is 20.3. The molecule has 0 saturated heterocycles. The molecule has 232 valence electrons. The number of nitro benzene ring substituents is 1. The van der Waals surface area contributed by atoms with E-state index in [0.717, 1.165) is 0 Å². The van der Waals surface area contributed by atoms with Crippen molar-refractivity contribution in [1.29, 1.82) is 0 Å². The molecule has 2 fully saturated rings. The smallest absolute Gasteiger partial charge is 0.270 e. The molecule has 2 aromatic rings. The number of phenols is 1. The van der Waals surface area contributed by atoms with Crippen molar-refractivity contribution < 1.29 is 39.1 Å². The lowest BCUT2D eigenvalue weighted by molar-refractivity contribution is -0.384. The van der Waals surface area contributed by atoms with E-state index in [1.54, 1.807) is 32.9 Å². The van der Waals surface area contributed by atoms with Gasteiger partial charge in [0, 0.05) is 35.6 Å². The summed E-state index contributed by atoms with van der Waals surface area (Å²) in [5, 5.41) is 37.3. The monoisotopic (exact) mass is 604 g/mol. The van der Waals surface area contributed by atoms with Gasteiger partial charge in [0.25, 0.3) is 5.69 Å². The fourth-order valence-corrected chi connectivity index (χ4v) is 7.07. The molecule has 0 radical (unpaired) electrons. The van der Waals surface area contributed by atoms with Gasteiger partial charge in [-0.3, -0.25) is 34.1 Å². The van der Waals surface area contributed by atoms with Crippen LogP contribution in [0.5, 0.6) is 5.75 Å². The molecule has 5 atom stereocenters. The Morgan fingerprint density at radius 1 is 1.02 bits per heavy atom. The number of amides is 1. The van der Waals surface area contributed by atoms with Crippen molar-refractivity contribution in [2.75, 3.05) is 0 Å². The standard InChI is InChI=1S/C33H36N2O9/c1-31(2,3)21-14-19(15-8-7-9-18(11-15)35(43)44)20-12-16-10-17-13-22(36)25(30(41)34-32(4,5)6)29(40)33(17,42)28(39)23(16)27(38)24(20)26(21)37/h7-9,11,14,16-17,23,25,37,42H,10,12-13H2,1-6H3,(H,34,41)/t16-,17+,23?,25?,33+/m1/s1. The van der Waals surface area contributed by atoms with Gasteiger partial charge in [-0.1, -0.05) is 32.9 Å². The number of benzene rings is 2. The maximum absolute atomic E-state index is 14.3. The number of ketones is 4. The van der Waals surface area contributed by atoms with Gasteiger partial charge < -0.3 is 15.5 Å². The quantitative estimate of drug-likeness (QED) is 0.268. The van der Waals surface area contributed by atoms with Gasteiger partial charge in [-0.15, -0.1) is 0 Å². The first-order valence-electron chi connectivity index (χ1n) is 14.6. The normalized spacial score (nSPS) is 26.9. The molecule has 2 saturated carbocycles. The number of fused-ring (bicyclic) bond motifs is 3. The van der Waals surface area contributed by atoms with Crippen LogP contribution in [0.25, 0.3) is 11.1 Å². The lowest BCUT2D eigenvalue weighted by Crippen LogP contribution is -2.68. The Morgan fingerprint density at radius 2 is 1.68 bits per heavy atom. The number of hydrogen-bond acceptors (Lipinski definition) is 9. The van der Waals surface area contributed by atoms with Crippen LogP contribution in [0, 0.1) is 33.8 Å². The number of aliphatic hydroxyl groups is 1. The average molecular weight is 605 g/mol. The van der Waals surface area contributed by atoms with Gasteiger partial charge in [-0.05, 0) is 67.7 Å². The predicted octanol–water partition coefficient (Wildman–Crippen LogP) is 3.63. The number of aromatic hydroxyl groups is 1. The molecule has 0 spiro atoms. The Kier molecular flexibility index (Phi) is 7.20. The minimum atomic E-state index is -2.72. The number of carbonyl (C=O) groups excluding carboxylic acids is 5. The summed E-state index contributed by atoms with van der Waals surface area (Å²) in [6, 6.07) is 7.60. The van der Waals surface area contributed by atoms with Crippen molar-refractivity contribution in [3.63, 3.8) is 0 Å². The third-order valence-electron chi connectivity index (χ3n) is 9.05. The van der Waals surface area contributed by atoms with E-state index in [2.05, 4.69) is 5.32 Å². The van der Waals surface area contributed by atoms with Crippen LogP contribution in [-0.4, -0.2) is 55.3 Å². The summed E-state index contributed by atoms with van der Waals surface area (Å²) in [6.45, 7) is 10.4. The lowest BCUT2D eigenvalue weighted by Gasteiger charge is -2.49. The van der Waals surface area contributed by atoms with Gasteiger partial charge in [-0.25, -0.2) is 0 Å². The predicted molar refractivity (Wildman–Crippen MR) is 158 cm³/mol. The maximum atomic E-state index is 14.3. The van der Waals surface area contributed by atoms with Crippen molar-refractivity contribution >= 4 is 34.7 Å². The molecule has 3 aliphatic rings. The van der Waals surface area contributed by atoms with Gasteiger partial charge in [0.1, 0.15) is 5.75 Å². The zero-order chi connectivity index (χ0) is 32.7. The Labute approximate surface area is 254 Å². The van der Waals surface area contributed by atoms with Crippen LogP contribution in [0.4, 0.5) is 5.69 Å². The Balaban J connectivity index is 1.64. The fourth-order valence-electron chi connectivity index (χ4n) is 7.07. The molecule has 5 rings (SSSR count). The van der Waals surface area contributed by atoms with Gasteiger partial charge in [0.2, 0.25) is 5.91 Å². The van der Waals surface area contributed by atoms with E-state index in [1.165, 1.54) is 18.2 Å². The molecular weight excluding hydrogens is 568 g/mol. The number of rotatable bonds is 3. The van der Waals surface area contributed by atoms with Gasteiger partial charge in [0.05, 0.1) is 16.4 Å². The summed E-state index contributed by atoms with van der Waals surface area (Å²) in [4.78, 5) is 79.1. The summed E-state index contributed by atoms with van der Waals surface area (Å²) in [7, 11) is 0. The highest BCUT2D eigenvalue weighted by Gasteiger charge is 2.66. The van der Waals surface area contributed by atoms with Gasteiger partial charge in [0.15, 0.2) is 34.7 Å². The minimum absolute atomic E-state index is 0.0284. The van der Waals surface area contributed by atoms with E-state index in [1.807, 2.05) is 20.8 Å². The summed E-state index contributed by atoms with van der Waals surface area (Å²) < 4.78 is 0. The van der Waals surface area contributed by atoms with E-state index >= 15 is 0 Å². The maximum Gasteiger partial charge on any atom is 0.270 e. The second-order valence-electron chi connectivity index (χ2n) is 14.3. The molecule has 0 heterocycles. The number of nitro groups is 1. The van der Waals surface area contributed by atoms with Crippen molar-refractivity contribution in [3.05, 3.63) is 57.1 Å². The molecule has 0 bridgehead atoms. The first kappa shape index (κ1) is 31.2. The Hall–Kier alpha value is -4.25. The molecule has 3 aliphatic carbocycles. The zero-order valence-electron chi connectivity index (χ0n) is 25.5. The third kappa shape index (κ3) is 4.83. The third-order valence-corrected chi connectivity index (χ3v) is 9.05. The van der Waals surface area contributed by atoms with Crippen LogP contribution in [0.1, 0.15) is 75.9 Å². The Bertz CT molecular complexity index is 1660. The molecule has 0 aliphatic heterocycles. The van der Waals surface area contributed by atoms with Crippen LogP contribution in [-0.2, 0) is 31.0 Å². The number of hydrogen-bond donors (Lipinski definition) is 3. The zero-order valence-corrected chi connectivity index (χ0v) is 25.5. The topological polar surface area (TPSA) is 181 Å². The first-order valence-corrected chi connectivity index (χ1v) is 14.6. The van der Waals surface area contributed by atoms with Crippen LogP contribution < -0.4 is 5.32 Å². The van der Waals surface area contributed by atoms with Crippen LogP contribution in [0.2, 0.25) is 0 Å². The molecule has 0 aromatic heterocycles. The summed E-state index contributed by atoms with van der Waals surface area (Å²) in [6.07, 6.45) is -0.345. The number of Topliss-reactive ketones (excluding diaryl/α,β-unsaturated/α-hetero) is 4. The van der Waals surface area contributed by atoms with Crippen molar-refractivity contribution in [2.24, 2.45) is 23.7 Å². The molecule has 11 heteroatoms. The molecule has 2 unspecified atom stereocenters. The van der Waals surface area contributed by atoms with Crippen LogP contribution in [0.15, 0.2) is 30.3 Å². The second kappa shape index (κ2) is 10.2. The molecule has 2 aromatic carbocycles. The molecule has 44 heavy (non-hydrogen) atoms. The molecule has 11 nitrogen and oxygen atoms in total. The number of carbonyl (C=O) groups is 5. The highest BCUT2D eigenvalue weighted by Crippen LogP contribution is 2.52. The lowest BCUT2D eigenvalue weighted by atomic mass is 9.53. The summed E-state index contributed by atoms with van der Waals surface area (Å²) >= 11 is 0. The SMILES string of the molecule is CC(C)(C)NC(=O)C1C(=O)C[C@@H]2C[C@@H]3Cc4c(-c5cccc([N+](=O)[O-])c5)cc(C(C)(C)C)c(O)c4C(=O)C3C(=O)[C@]2(O)C1=O. The number of nitrogens with zero attached hydrogens (tertiary/aromatic N) is 1. The van der Waals surface area contributed by atoms with Crippen molar-refractivity contribution in [3.8, 4) is 16.9 Å². The van der Waals surface area contributed by atoms with E-state index in [9.17, 15) is 44.3 Å². The molecule has 3 N–H and O–H groups in total. The van der Waals surface area contributed by atoms with E-state index in [4.69, 9.17) is 0 Å². The van der Waals surface area contributed by atoms with Crippen molar-refractivity contribution in [2.45, 2.75) is 77.4 Å². The summed E-state index contributed by atoms with van der Waals surface area (Å²) in [5.74, 6) is -10.3. The van der Waals surface area contributed by atoms with E-state index in [-0.39, 0.29) is 29.8 Å². The van der Waals surface area contributed by atoms with Crippen LogP contribution >= 0.6 is 0 Å².